The van der Waals surface area contributed by atoms with Crippen LogP contribution in [0.1, 0.15) is 6.42 Å². The molecule has 5 nitrogen and oxygen atoms in total. The molecule has 0 aromatic carbocycles. The molecule has 1 aliphatic carbocycles. The van der Waals surface area contributed by atoms with Gasteiger partial charge in [-0.15, -0.1) is 0 Å². The zero-order valence-electron chi connectivity index (χ0n) is 6.44. The van der Waals surface area contributed by atoms with Crippen molar-refractivity contribution >= 4 is 28.8 Å². The predicted octanol–water partition coefficient (Wildman–Crippen LogP) is 0.173. The van der Waals surface area contributed by atoms with Crippen molar-refractivity contribution in [2.45, 2.75) is 6.42 Å². The van der Waals surface area contributed by atoms with Crippen LogP contribution < -0.4 is 0 Å². The van der Waals surface area contributed by atoms with Gasteiger partial charge in [0, 0.05) is 0 Å². The lowest BCUT2D eigenvalue weighted by Gasteiger charge is -2.36. The first-order chi connectivity index (χ1) is 5.95. The van der Waals surface area contributed by atoms with Crippen LogP contribution in [0.2, 0.25) is 0 Å². The second kappa shape index (κ2) is 3.33. The maximum absolute atomic E-state index is 10.7. The zero-order chi connectivity index (χ0) is 10.2. The summed E-state index contributed by atoms with van der Waals surface area (Å²) in [6.45, 7) is 0. The third kappa shape index (κ3) is 1.65. The number of carbonyl (C=O) groups excluding carboxylic acids is 1. The van der Waals surface area contributed by atoms with Gasteiger partial charge < -0.3 is 10.2 Å². The average Bonchev–Trinajstić information content (AvgIpc) is 1.79. The number of rotatable bonds is 3. The number of carboxylic acid groups (broad SMARTS) is 2. The van der Waals surface area contributed by atoms with Crippen molar-refractivity contribution in [3.05, 3.63) is 0 Å². The maximum atomic E-state index is 10.7. The quantitative estimate of drug-likeness (QED) is 0.643. The van der Waals surface area contributed by atoms with Crippen LogP contribution in [0.5, 0.6) is 0 Å². The number of hydrogen-bond acceptors (Lipinski definition) is 3. The van der Waals surface area contributed by atoms with E-state index in [1.54, 1.807) is 0 Å². The first kappa shape index (κ1) is 9.98. The molecule has 0 aromatic rings. The van der Waals surface area contributed by atoms with Gasteiger partial charge in [-0.2, -0.15) is 0 Å². The SMILES string of the molecule is O=C(O)C1CC(C(=O)O)C1C(=O)Cl. The summed E-state index contributed by atoms with van der Waals surface area (Å²) in [5.41, 5.74) is 0. The normalized spacial score (nSPS) is 31.9. The van der Waals surface area contributed by atoms with Gasteiger partial charge in [-0.1, -0.05) is 0 Å². The monoisotopic (exact) mass is 206 g/mol. The maximum Gasteiger partial charge on any atom is 0.307 e. The number of hydrogen-bond donors (Lipinski definition) is 2. The van der Waals surface area contributed by atoms with Gasteiger partial charge in [0.15, 0.2) is 0 Å². The Labute approximate surface area is 78.3 Å². The Morgan fingerprint density at radius 2 is 1.46 bits per heavy atom. The molecule has 1 rings (SSSR count). The Balaban J connectivity index is 2.74. The summed E-state index contributed by atoms with van der Waals surface area (Å²) in [5.74, 6) is -5.29. The van der Waals surface area contributed by atoms with Crippen LogP contribution in [0.4, 0.5) is 0 Å². The number of halogens is 1. The first-order valence-corrected chi connectivity index (χ1v) is 3.98. The molecule has 0 aliphatic heterocycles. The Hall–Kier alpha value is -1.10. The summed E-state index contributed by atoms with van der Waals surface area (Å²) in [6, 6.07) is 0. The van der Waals surface area contributed by atoms with Gasteiger partial charge in [-0.3, -0.25) is 14.4 Å². The van der Waals surface area contributed by atoms with Crippen LogP contribution in [-0.2, 0) is 14.4 Å². The molecule has 2 atom stereocenters. The smallest absolute Gasteiger partial charge is 0.307 e. The van der Waals surface area contributed by atoms with Gasteiger partial charge in [-0.05, 0) is 18.0 Å². The standard InChI is InChI=1S/C7H7ClO5/c8-5(9)4-2(6(10)11)1-3(4)7(12)13/h2-4H,1H2,(H,10,11)(H,12,13). The van der Waals surface area contributed by atoms with Crippen molar-refractivity contribution in [1.29, 1.82) is 0 Å². The molecule has 0 bridgehead atoms. The molecule has 0 aromatic heterocycles. The summed E-state index contributed by atoms with van der Waals surface area (Å²) < 4.78 is 0. The lowest BCUT2D eigenvalue weighted by Crippen LogP contribution is -2.48. The molecule has 72 valence electrons. The van der Waals surface area contributed by atoms with Gasteiger partial charge in [0.05, 0.1) is 17.8 Å². The molecular formula is C7H7ClO5. The fraction of sp³-hybridized carbons (Fsp3) is 0.571. The summed E-state index contributed by atoms with van der Waals surface area (Å²) in [5, 5.41) is 16.2. The fourth-order valence-corrected chi connectivity index (χ4v) is 1.78. The van der Waals surface area contributed by atoms with Crippen molar-refractivity contribution in [3.63, 3.8) is 0 Å². The predicted molar refractivity (Wildman–Crippen MR) is 41.2 cm³/mol. The highest BCUT2D eigenvalue weighted by Gasteiger charge is 2.52. The largest absolute Gasteiger partial charge is 0.481 e. The molecule has 6 heteroatoms. The summed E-state index contributed by atoms with van der Waals surface area (Å²) in [7, 11) is 0. The van der Waals surface area contributed by atoms with E-state index in [0.29, 0.717) is 0 Å². The Morgan fingerprint density at radius 3 is 1.69 bits per heavy atom. The van der Waals surface area contributed by atoms with E-state index in [-0.39, 0.29) is 6.42 Å². The van der Waals surface area contributed by atoms with E-state index in [1.165, 1.54) is 0 Å². The molecule has 0 amide bonds. The molecule has 13 heavy (non-hydrogen) atoms. The van der Waals surface area contributed by atoms with Gasteiger partial charge in [-0.25, -0.2) is 0 Å². The zero-order valence-corrected chi connectivity index (χ0v) is 7.19. The van der Waals surface area contributed by atoms with E-state index in [4.69, 9.17) is 21.8 Å². The van der Waals surface area contributed by atoms with Crippen molar-refractivity contribution < 1.29 is 24.6 Å². The molecule has 0 heterocycles. The van der Waals surface area contributed by atoms with Crippen LogP contribution >= 0.6 is 11.6 Å². The minimum Gasteiger partial charge on any atom is -0.481 e. The van der Waals surface area contributed by atoms with E-state index in [9.17, 15) is 14.4 Å². The molecule has 0 radical (unpaired) electrons. The molecular weight excluding hydrogens is 200 g/mol. The molecule has 2 N–H and O–H groups in total. The van der Waals surface area contributed by atoms with Crippen LogP contribution in [-0.4, -0.2) is 27.4 Å². The first-order valence-electron chi connectivity index (χ1n) is 3.60. The van der Waals surface area contributed by atoms with Crippen LogP contribution in [0.15, 0.2) is 0 Å². The topological polar surface area (TPSA) is 91.7 Å². The molecule has 0 spiro atoms. The Bertz CT molecular complexity index is 254. The lowest BCUT2D eigenvalue weighted by molar-refractivity contribution is -0.164. The number of carboxylic acids is 2. The molecule has 0 saturated heterocycles. The number of carbonyl (C=O) groups is 3. The van der Waals surface area contributed by atoms with Gasteiger partial charge >= 0.3 is 11.9 Å². The van der Waals surface area contributed by atoms with E-state index in [1.807, 2.05) is 0 Å². The van der Waals surface area contributed by atoms with Crippen LogP contribution in [0.3, 0.4) is 0 Å². The lowest BCUT2D eigenvalue weighted by atomic mass is 9.65. The van der Waals surface area contributed by atoms with Crippen molar-refractivity contribution in [2.24, 2.45) is 17.8 Å². The van der Waals surface area contributed by atoms with Crippen molar-refractivity contribution in [3.8, 4) is 0 Å². The molecule has 2 unspecified atom stereocenters. The highest BCUT2D eigenvalue weighted by Crippen LogP contribution is 2.42. The van der Waals surface area contributed by atoms with E-state index in [2.05, 4.69) is 0 Å². The third-order valence-electron chi connectivity index (χ3n) is 2.27. The molecule has 1 saturated carbocycles. The van der Waals surface area contributed by atoms with Crippen LogP contribution in [0, 0.1) is 17.8 Å². The highest BCUT2D eigenvalue weighted by molar-refractivity contribution is 6.64. The fourth-order valence-electron chi connectivity index (χ4n) is 1.48. The second-order valence-electron chi connectivity index (χ2n) is 2.96. The van der Waals surface area contributed by atoms with Gasteiger partial charge in [0.1, 0.15) is 0 Å². The number of aliphatic carboxylic acids is 2. The van der Waals surface area contributed by atoms with E-state index < -0.39 is 34.9 Å². The highest BCUT2D eigenvalue weighted by atomic mass is 35.5. The van der Waals surface area contributed by atoms with Gasteiger partial charge in [0.2, 0.25) is 5.24 Å². The van der Waals surface area contributed by atoms with Gasteiger partial charge in [0.25, 0.3) is 0 Å². The second-order valence-corrected chi connectivity index (χ2v) is 3.33. The Kier molecular flexibility index (Phi) is 2.56. The van der Waals surface area contributed by atoms with Crippen molar-refractivity contribution in [2.75, 3.05) is 0 Å². The third-order valence-corrected chi connectivity index (χ3v) is 2.52. The summed E-state index contributed by atoms with van der Waals surface area (Å²) >= 11 is 5.09. The molecule has 1 aliphatic rings. The van der Waals surface area contributed by atoms with E-state index >= 15 is 0 Å². The van der Waals surface area contributed by atoms with Crippen molar-refractivity contribution in [1.82, 2.24) is 0 Å². The summed E-state index contributed by atoms with van der Waals surface area (Å²) in [4.78, 5) is 31.6. The molecule has 1 fully saturated rings. The van der Waals surface area contributed by atoms with Crippen LogP contribution in [0.25, 0.3) is 0 Å². The van der Waals surface area contributed by atoms with E-state index in [0.717, 1.165) is 0 Å². The Morgan fingerprint density at radius 1 is 1.08 bits per heavy atom. The minimum atomic E-state index is -1.17. The minimum absolute atomic E-state index is 0.0200. The average molecular weight is 207 g/mol. The summed E-state index contributed by atoms with van der Waals surface area (Å²) in [6.07, 6.45) is -0.0200.